The zero-order valence-electron chi connectivity index (χ0n) is 11.3. The SMILES string of the molecule is CC(=O)N1CCCN(C(=O)c2cc(Cl)ncc2N)CC1. The number of rotatable bonds is 1. The van der Waals surface area contributed by atoms with Crippen molar-refractivity contribution in [2.75, 3.05) is 31.9 Å². The maximum absolute atomic E-state index is 12.5. The van der Waals surface area contributed by atoms with E-state index in [1.807, 2.05) is 0 Å². The topological polar surface area (TPSA) is 79.5 Å². The minimum Gasteiger partial charge on any atom is -0.397 e. The first-order chi connectivity index (χ1) is 9.49. The molecule has 0 spiro atoms. The summed E-state index contributed by atoms with van der Waals surface area (Å²) in [5.41, 5.74) is 6.45. The van der Waals surface area contributed by atoms with Gasteiger partial charge in [0.05, 0.1) is 17.4 Å². The van der Waals surface area contributed by atoms with Crippen LogP contribution in [0.15, 0.2) is 12.3 Å². The molecule has 1 aromatic rings. The Kier molecular flexibility index (Phi) is 4.44. The molecule has 0 atom stereocenters. The van der Waals surface area contributed by atoms with E-state index in [0.717, 1.165) is 6.42 Å². The van der Waals surface area contributed by atoms with Gasteiger partial charge in [-0.3, -0.25) is 9.59 Å². The predicted octanol–water partition coefficient (Wildman–Crippen LogP) is 1.01. The molecule has 0 radical (unpaired) electrons. The zero-order valence-corrected chi connectivity index (χ0v) is 12.1. The molecular formula is C13H17ClN4O2. The van der Waals surface area contributed by atoms with Gasteiger partial charge in [-0.2, -0.15) is 0 Å². The highest BCUT2D eigenvalue weighted by molar-refractivity contribution is 6.29. The van der Waals surface area contributed by atoms with Gasteiger partial charge in [0.2, 0.25) is 5.91 Å². The molecule has 1 aliphatic rings. The molecule has 0 unspecified atom stereocenters. The number of halogens is 1. The van der Waals surface area contributed by atoms with Crippen LogP contribution in [0.3, 0.4) is 0 Å². The molecule has 2 amide bonds. The van der Waals surface area contributed by atoms with E-state index in [9.17, 15) is 9.59 Å². The van der Waals surface area contributed by atoms with Crippen molar-refractivity contribution >= 4 is 29.1 Å². The van der Waals surface area contributed by atoms with E-state index >= 15 is 0 Å². The smallest absolute Gasteiger partial charge is 0.256 e. The van der Waals surface area contributed by atoms with Crippen molar-refractivity contribution in [3.63, 3.8) is 0 Å². The van der Waals surface area contributed by atoms with Crippen LogP contribution < -0.4 is 5.73 Å². The fourth-order valence-corrected chi connectivity index (χ4v) is 2.39. The fraction of sp³-hybridized carbons (Fsp3) is 0.462. The lowest BCUT2D eigenvalue weighted by Gasteiger charge is -2.22. The zero-order chi connectivity index (χ0) is 14.7. The van der Waals surface area contributed by atoms with Crippen LogP contribution in [-0.2, 0) is 4.79 Å². The molecule has 6 nitrogen and oxygen atoms in total. The lowest BCUT2D eigenvalue weighted by Crippen LogP contribution is -2.36. The van der Waals surface area contributed by atoms with Gasteiger partial charge in [0.15, 0.2) is 0 Å². The van der Waals surface area contributed by atoms with E-state index in [0.29, 0.717) is 37.4 Å². The number of carbonyl (C=O) groups excluding carboxylic acids is 2. The molecule has 0 bridgehead atoms. The number of hydrogen-bond acceptors (Lipinski definition) is 4. The van der Waals surface area contributed by atoms with Gasteiger partial charge in [-0.05, 0) is 12.5 Å². The lowest BCUT2D eigenvalue weighted by atomic mass is 10.2. The van der Waals surface area contributed by atoms with Crippen molar-refractivity contribution < 1.29 is 9.59 Å². The van der Waals surface area contributed by atoms with E-state index in [2.05, 4.69) is 4.98 Å². The van der Waals surface area contributed by atoms with E-state index in [-0.39, 0.29) is 17.0 Å². The Morgan fingerprint density at radius 3 is 2.60 bits per heavy atom. The summed E-state index contributed by atoms with van der Waals surface area (Å²) < 4.78 is 0. The minimum atomic E-state index is -0.169. The molecule has 0 aliphatic carbocycles. The fourth-order valence-electron chi connectivity index (χ4n) is 2.23. The maximum Gasteiger partial charge on any atom is 0.256 e. The molecule has 2 heterocycles. The molecule has 1 aromatic heterocycles. The van der Waals surface area contributed by atoms with Crippen LogP contribution in [0.1, 0.15) is 23.7 Å². The van der Waals surface area contributed by atoms with E-state index < -0.39 is 0 Å². The maximum atomic E-state index is 12.5. The molecule has 20 heavy (non-hydrogen) atoms. The average molecular weight is 297 g/mol. The summed E-state index contributed by atoms with van der Waals surface area (Å²) >= 11 is 5.81. The Bertz CT molecular complexity index is 535. The van der Waals surface area contributed by atoms with Crippen LogP contribution in [0.5, 0.6) is 0 Å². The molecule has 0 aromatic carbocycles. The molecular weight excluding hydrogens is 280 g/mol. The Morgan fingerprint density at radius 1 is 1.25 bits per heavy atom. The number of hydrogen-bond donors (Lipinski definition) is 1. The van der Waals surface area contributed by atoms with Crippen molar-refractivity contribution in [2.45, 2.75) is 13.3 Å². The van der Waals surface area contributed by atoms with Gasteiger partial charge >= 0.3 is 0 Å². The normalized spacial score (nSPS) is 15.9. The predicted molar refractivity (Wildman–Crippen MR) is 76.4 cm³/mol. The number of nitrogens with zero attached hydrogens (tertiary/aromatic N) is 3. The summed E-state index contributed by atoms with van der Waals surface area (Å²) in [6.45, 7) is 3.85. The second-order valence-corrected chi connectivity index (χ2v) is 5.13. The van der Waals surface area contributed by atoms with Gasteiger partial charge < -0.3 is 15.5 Å². The third-order valence-electron chi connectivity index (χ3n) is 3.36. The number of aromatic nitrogens is 1. The largest absolute Gasteiger partial charge is 0.397 e. The van der Waals surface area contributed by atoms with Crippen molar-refractivity contribution in [1.29, 1.82) is 0 Å². The van der Waals surface area contributed by atoms with Crippen LogP contribution in [0, 0.1) is 0 Å². The van der Waals surface area contributed by atoms with Gasteiger partial charge in [-0.25, -0.2) is 4.98 Å². The monoisotopic (exact) mass is 296 g/mol. The number of amides is 2. The van der Waals surface area contributed by atoms with E-state index in [4.69, 9.17) is 17.3 Å². The van der Waals surface area contributed by atoms with Crippen molar-refractivity contribution in [2.24, 2.45) is 0 Å². The number of carbonyl (C=O) groups is 2. The molecule has 0 saturated carbocycles. The van der Waals surface area contributed by atoms with Crippen LogP contribution in [0.2, 0.25) is 5.15 Å². The molecule has 108 valence electrons. The summed E-state index contributed by atoms with van der Waals surface area (Å²) in [5.74, 6) is -0.136. The Hall–Kier alpha value is -1.82. The van der Waals surface area contributed by atoms with Crippen molar-refractivity contribution in [1.82, 2.24) is 14.8 Å². The standard InChI is InChI=1S/C13H17ClN4O2/c1-9(19)17-3-2-4-18(6-5-17)13(20)10-7-12(14)16-8-11(10)15/h7-8H,2-6,15H2,1H3. The second-order valence-electron chi connectivity index (χ2n) is 4.75. The van der Waals surface area contributed by atoms with Crippen LogP contribution in [-0.4, -0.2) is 52.8 Å². The van der Waals surface area contributed by atoms with Gasteiger partial charge in [0, 0.05) is 33.1 Å². The van der Waals surface area contributed by atoms with Crippen molar-refractivity contribution in [3.05, 3.63) is 23.0 Å². The van der Waals surface area contributed by atoms with E-state index in [1.165, 1.54) is 19.2 Å². The molecule has 2 rings (SSSR count). The van der Waals surface area contributed by atoms with Crippen LogP contribution in [0.4, 0.5) is 5.69 Å². The van der Waals surface area contributed by atoms with Crippen LogP contribution in [0.25, 0.3) is 0 Å². The van der Waals surface area contributed by atoms with Gasteiger partial charge in [0.1, 0.15) is 5.15 Å². The Balaban J connectivity index is 2.13. The summed E-state index contributed by atoms with van der Waals surface area (Å²) in [7, 11) is 0. The quantitative estimate of drug-likeness (QED) is 0.785. The number of anilines is 1. The number of nitrogen functional groups attached to an aromatic ring is 1. The second kappa shape index (κ2) is 6.09. The number of nitrogens with two attached hydrogens (primary N) is 1. The highest BCUT2D eigenvalue weighted by Crippen LogP contribution is 2.18. The molecule has 1 saturated heterocycles. The lowest BCUT2D eigenvalue weighted by molar-refractivity contribution is -0.128. The molecule has 1 fully saturated rings. The third-order valence-corrected chi connectivity index (χ3v) is 3.57. The highest BCUT2D eigenvalue weighted by atomic mass is 35.5. The Morgan fingerprint density at radius 2 is 1.90 bits per heavy atom. The number of pyridine rings is 1. The summed E-state index contributed by atoms with van der Waals surface area (Å²) in [6, 6.07) is 1.48. The molecule has 7 heteroatoms. The van der Waals surface area contributed by atoms with Gasteiger partial charge in [-0.1, -0.05) is 11.6 Å². The van der Waals surface area contributed by atoms with E-state index in [1.54, 1.807) is 9.80 Å². The molecule has 1 aliphatic heterocycles. The third kappa shape index (κ3) is 3.19. The molecule has 2 N–H and O–H groups in total. The first kappa shape index (κ1) is 14.6. The summed E-state index contributed by atoms with van der Waals surface area (Å²) in [5, 5.41) is 0.239. The van der Waals surface area contributed by atoms with Crippen molar-refractivity contribution in [3.8, 4) is 0 Å². The summed E-state index contributed by atoms with van der Waals surface area (Å²) in [6.07, 6.45) is 2.14. The summed E-state index contributed by atoms with van der Waals surface area (Å²) in [4.78, 5) is 31.1. The Labute approximate surface area is 122 Å². The van der Waals surface area contributed by atoms with Gasteiger partial charge in [-0.15, -0.1) is 0 Å². The first-order valence-corrected chi connectivity index (χ1v) is 6.82. The first-order valence-electron chi connectivity index (χ1n) is 6.45. The van der Waals surface area contributed by atoms with Crippen LogP contribution >= 0.6 is 11.6 Å². The minimum absolute atomic E-state index is 0.0331. The van der Waals surface area contributed by atoms with Gasteiger partial charge in [0.25, 0.3) is 5.91 Å². The highest BCUT2D eigenvalue weighted by Gasteiger charge is 2.22. The average Bonchev–Trinajstić information content (AvgIpc) is 2.66.